The molecule has 0 aliphatic carbocycles. The van der Waals surface area contributed by atoms with Gasteiger partial charge in [-0.15, -0.1) is 0 Å². The molecule has 26 heavy (non-hydrogen) atoms. The molecule has 134 valence electrons. The predicted molar refractivity (Wildman–Crippen MR) is 85.7 cm³/mol. The van der Waals surface area contributed by atoms with Gasteiger partial charge in [0.1, 0.15) is 0 Å². The maximum absolute atomic E-state index is 14.4. The molecule has 1 N–H and O–H groups in total. The third-order valence-electron chi connectivity index (χ3n) is 3.85. The normalized spacial score (nSPS) is 11.0. The summed E-state index contributed by atoms with van der Waals surface area (Å²) in [6.07, 6.45) is 0. The van der Waals surface area contributed by atoms with Gasteiger partial charge >= 0.3 is 5.97 Å². The predicted octanol–water partition coefficient (Wildman–Crippen LogP) is 3.69. The van der Waals surface area contributed by atoms with Gasteiger partial charge in [0.05, 0.1) is 16.6 Å². The second kappa shape index (κ2) is 6.21. The summed E-state index contributed by atoms with van der Waals surface area (Å²) in [4.78, 5) is 24.1. The molecule has 0 aliphatic rings. The second-order valence-electron chi connectivity index (χ2n) is 5.57. The molecule has 0 aliphatic heterocycles. The van der Waals surface area contributed by atoms with Crippen LogP contribution in [0, 0.1) is 24.4 Å². The fourth-order valence-electron chi connectivity index (χ4n) is 2.71. The number of phenols is 1. The fraction of sp³-hybridized carbons (Fsp3) is 0.111. The fourth-order valence-corrected chi connectivity index (χ4v) is 2.71. The minimum atomic E-state index is -1.21. The van der Waals surface area contributed by atoms with E-state index in [1.165, 1.54) is 13.0 Å². The zero-order chi connectivity index (χ0) is 19.2. The number of carbonyl (C=O) groups is 2. The number of benzene rings is 2. The first-order chi connectivity index (χ1) is 12.2. The topological polar surface area (TPSA) is 68.5 Å². The van der Waals surface area contributed by atoms with E-state index in [4.69, 9.17) is 4.74 Å². The Morgan fingerprint density at radius 2 is 1.77 bits per heavy atom. The van der Waals surface area contributed by atoms with E-state index in [0.29, 0.717) is 6.07 Å². The molecule has 0 atom stereocenters. The number of hydrogen-bond acceptors (Lipinski definition) is 4. The lowest BCUT2D eigenvalue weighted by Gasteiger charge is -2.08. The zero-order valence-electron chi connectivity index (χ0n) is 13.6. The highest BCUT2D eigenvalue weighted by molar-refractivity contribution is 6.06. The highest BCUT2D eigenvalue weighted by atomic mass is 19.2. The lowest BCUT2D eigenvalue weighted by atomic mass is 10.2. The summed E-state index contributed by atoms with van der Waals surface area (Å²) in [6, 6.07) is 4.87. The van der Waals surface area contributed by atoms with Crippen molar-refractivity contribution in [1.82, 2.24) is 4.57 Å². The van der Waals surface area contributed by atoms with Gasteiger partial charge in [-0.1, -0.05) is 0 Å². The summed E-state index contributed by atoms with van der Waals surface area (Å²) >= 11 is 0. The summed E-state index contributed by atoms with van der Waals surface area (Å²) in [5.74, 6) is -5.87. The molecule has 3 rings (SSSR count). The highest BCUT2D eigenvalue weighted by Crippen LogP contribution is 2.38. The van der Waals surface area contributed by atoms with Crippen LogP contribution >= 0.6 is 0 Å². The van der Waals surface area contributed by atoms with Gasteiger partial charge in [-0.25, -0.2) is 13.2 Å². The number of nitrogens with zero attached hydrogens (tertiary/aromatic N) is 1. The molecule has 0 saturated heterocycles. The minimum Gasteiger partial charge on any atom is -0.505 e. The lowest BCUT2D eigenvalue weighted by Crippen LogP contribution is -2.14. The van der Waals surface area contributed by atoms with Gasteiger partial charge in [0, 0.05) is 12.5 Å². The van der Waals surface area contributed by atoms with Gasteiger partial charge in [-0.3, -0.25) is 14.2 Å². The highest BCUT2D eigenvalue weighted by Gasteiger charge is 2.26. The number of aromatic nitrogens is 1. The molecule has 0 fully saturated rings. The van der Waals surface area contributed by atoms with Gasteiger partial charge in [-0.05, 0) is 37.3 Å². The number of carbonyl (C=O) groups excluding carboxylic acids is 2. The van der Waals surface area contributed by atoms with Crippen molar-refractivity contribution in [3.8, 4) is 11.5 Å². The first-order valence-corrected chi connectivity index (χ1v) is 7.43. The van der Waals surface area contributed by atoms with Crippen molar-refractivity contribution in [2.75, 3.05) is 0 Å². The summed E-state index contributed by atoms with van der Waals surface area (Å²) in [5.41, 5.74) is -0.120. The van der Waals surface area contributed by atoms with Crippen LogP contribution in [-0.2, 0) is 4.79 Å². The largest absolute Gasteiger partial charge is 0.505 e. The molecular formula is C18H12F3NO4. The maximum Gasteiger partial charge on any atom is 0.308 e. The maximum atomic E-state index is 14.4. The van der Waals surface area contributed by atoms with E-state index >= 15 is 0 Å². The van der Waals surface area contributed by atoms with Gasteiger partial charge < -0.3 is 9.84 Å². The van der Waals surface area contributed by atoms with Crippen LogP contribution in [0.3, 0.4) is 0 Å². The van der Waals surface area contributed by atoms with E-state index < -0.39 is 35.1 Å². The molecule has 1 heterocycles. The standard InChI is InChI=1S/C18H12F3NO4/c1-8-17(26-9(2)23)15-13(5-6-14(24)16(15)21)22(8)18(25)10-3-4-11(19)12(20)7-10/h3-7,24H,1-2H3. The minimum absolute atomic E-state index is 0.00350. The Bertz CT molecular complexity index is 1070. The first kappa shape index (κ1) is 17.5. The van der Waals surface area contributed by atoms with Crippen molar-refractivity contribution in [2.24, 2.45) is 0 Å². The third-order valence-corrected chi connectivity index (χ3v) is 3.85. The van der Waals surface area contributed by atoms with Crippen LogP contribution in [0.15, 0.2) is 30.3 Å². The summed E-state index contributed by atoms with van der Waals surface area (Å²) in [6.45, 7) is 2.49. The zero-order valence-corrected chi connectivity index (χ0v) is 13.6. The molecule has 2 aromatic carbocycles. The lowest BCUT2D eigenvalue weighted by molar-refractivity contribution is -0.131. The van der Waals surface area contributed by atoms with Crippen molar-refractivity contribution in [1.29, 1.82) is 0 Å². The van der Waals surface area contributed by atoms with Crippen molar-refractivity contribution >= 4 is 22.8 Å². The third kappa shape index (κ3) is 2.69. The number of ether oxygens (including phenoxy) is 1. The molecule has 8 heteroatoms. The van der Waals surface area contributed by atoms with Crippen LogP contribution < -0.4 is 4.74 Å². The van der Waals surface area contributed by atoms with E-state index in [0.717, 1.165) is 29.7 Å². The molecule has 0 bridgehead atoms. The number of esters is 1. The molecule has 5 nitrogen and oxygen atoms in total. The summed E-state index contributed by atoms with van der Waals surface area (Å²) in [5, 5.41) is 9.33. The van der Waals surface area contributed by atoms with Gasteiger partial charge in [0.15, 0.2) is 29.0 Å². The molecule has 0 amide bonds. The average molecular weight is 363 g/mol. The van der Waals surface area contributed by atoms with Crippen LogP contribution in [0.5, 0.6) is 11.5 Å². The molecule has 0 saturated carbocycles. The number of hydrogen-bond donors (Lipinski definition) is 1. The molecule has 1 aromatic heterocycles. The molecule has 3 aromatic rings. The Morgan fingerprint density at radius 1 is 1.08 bits per heavy atom. The van der Waals surface area contributed by atoms with Crippen molar-refractivity contribution < 1.29 is 32.6 Å². The average Bonchev–Trinajstić information content (AvgIpc) is 2.85. The Hall–Kier alpha value is -3.29. The van der Waals surface area contributed by atoms with Gasteiger partial charge in [0.25, 0.3) is 5.91 Å². The van der Waals surface area contributed by atoms with E-state index in [1.54, 1.807) is 0 Å². The Morgan fingerprint density at radius 3 is 2.38 bits per heavy atom. The number of rotatable bonds is 2. The first-order valence-electron chi connectivity index (χ1n) is 7.43. The molecular weight excluding hydrogens is 351 g/mol. The van der Waals surface area contributed by atoms with Gasteiger partial charge in [-0.2, -0.15) is 0 Å². The number of halogens is 3. The van der Waals surface area contributed by atoms with Crippen molar-refractivity contribution in [3.05, 3.63) is 59.0 Å². The van der Waals surface area contributed by atoms with E-state index in [1.807, 2.05) is 0 Å². The molecule has 0 unspecified atom stereocenters. The van der Waals surface area contributed by atoms with E-state index in [2.05, 4.69) is 0 Å². The second-order valence-corrected chi connectivity index (χ2v) is 5.57. The Labute approximate surface area is 145 Å². The molecule has 0 radical (unpaired) electrons. The molecule has 0 spiro atoms. The Kier molecular flexibility index (Phi) is 4.19. The number of phenolic OH excluding ortho intramolecular Hbond substituents is 1. The van der Waals surface area contributed by atoms with Gasteiger partial charge in [0.2, 0.25) is 0 Å². The SMILES string of the molecule is CC(=O)Oc1c(C)n(C(=O)c2ccc(F)c(F)c2)c2ccc(O)c(F)c12. The van der Waals surface area contributed by atoms with Crippen molar-refractivity contribution in [3.63, 3.8) is 0 Å². The van der Waals surface area contributed by atoms with Crippen LogP contribution in [0.1, 0.15) is 23.0 Å². The van der Waals surface area contributed by atoms with Crippen LogP contribution in [0.4, 0.5) is 13.2 Å². The van der Waals surface area contributed by atoms with E-state index in [-0.39, 0.29) is 27.9 Å². The number of aromatic hydroxyl groups is 1. The van der Waals surface area contributed by atoms with E-state index in [9.17, 15) is 27.9 Å². The Balaban J connectivity index is 2.30. The van der Waals surface area contributed by atoms with Crippen LogP contribution in [0.25, 0.3) is 10.9 Å². The quantitative estimate of drug-likeness (QED) is 0.705. The number of fused-ring (bicyclic) bond motifs is 1. The summed E-state index contributed by atoms with van der Waals surface area (Å²) in [7, 11) is 0. The smallest absolute Gasteiger partial charge is 0.308 e. The summed E-state index contributed by atoms with van der Waals surface area (Å²) < 4.78 is 47.0. The van der Waals surface area contributed by atoms with Crippen LogP contribution in [0.2, 0.25) is 0 Å². The van der Waals surface area contributed by atoms with Crippen LogP contribution in [-0.4, -0.2) is 21.6 Å². The van der Waals surface area contributed by atoms with Crippen molar-refractivity contribution in [2.45, 2.75) is 13.8 Å². The monoisotopic (exact) mass is 363 g/mol.